The Morgan fingerprint density at radius 1 is 1.29 bits per heavy atom. The van der Waals surface area contributed by atoms with Crippen LogP contribution >= 0.6 is 0 Å². The summed E-state index contributed by atoms with van der Waals surface area (Å²) in [5, 5.41) is 8.77. The van der Waals surface area contributed by atoms with Crippen molar-refractivity contribution >= 4 is 9.84 Å². The lowest BCUT2D eigenvalue weighted by atomic mass is 10.1. The van der Waals surface area contributed by atoms with Crippen LogP contribution in [0.15, 0.2) is 18.2 Å². The SMILES string of the molecule is Cc1ccc(OCCS(=O)(=O)C(C)(C)C)c(C#CCO)c1. The summed E-state index contributed by atoms with van der Waals surface area (Å²) < 4.78 is 28.8. The average Bonchev–Trinajstić information content (AvgIpc) is 2.37. The normalized spacial score (nSPS) is 11.7. The standard InChI is InChI=1S/C16H22O4S/c1-13-7-8-15(14(12-13)6-5-9-17)20-10-11-21(18,19)16(2,3)4/h7-8,12,17H,9-11H2,1-4H3. The highest BCUT2D eigenvalue weighted by Gasteiger charge is 2.28. The van der Waals surface area contributed by atoms with Gasteiger partial charge in [-0.1, -0.05) is 17.9 Å². The van der Waals surface area contributed by atoms with Gasteiger partial charge in [0.2, 0.25) is 0 Å². The van der Waals surface area contributed by atoms with Crippen molar-refractivity contribution in [1.29, 1.82) is 0 Å². The zero-order valence-corrected chi connectivity index (χ0v) is 13.8. The minimum absolute atomic E-state index is 0.0444. The number of rotatable bonds is 4. The fourth-order valence-electron chi connectivity index (χ4n) is 1.57. The lowest BCUT2D eigenvalue weighted by molar-refractivity contribution is 0.338. The summed E-state index contributed by atoms with van der Waals surface area (Å²) in [6.45, 7) is 6.80. The van der Waals surface area contributed by atoms with Gasteiger partial charge in [0.15, 0.2) is 9.84 Å². The smallest absolute Gasteiger partial charge is 0.158 e. The van der Waals surface area contributed by atoms with Crippen LogP contribution in [0.4, 0.5) is 0 Å². The molecule has 0 saturated carbocycles. The van der Waals surface area contributed by atoms with Gasteiger partial charge >= 0.3 is 0 Å². The molecule has 1 aromatic carbocycles. The van der Waals surface area contributed by atoms with Crippen LogP contribution in [0.5, 0.6) is 5.75 Å². The molecule has 0 aromatic heterocycles. The van der Waals surface area contributed by atoms with Crippen LogP contribution in [0.1, 0.15) is 31.9 Å². The van der Waals surface area contributed by atoms with Crippen molar-refractivity contribution in [3.63, 3.8) is 0 Å². The minimum Gasteiger partial charge on any atom is -0.491 e. The number of hydrogen-bond donors (Lipinski definition) is 1. The number of sulfone groups is 1. The van der Waals surface area contributed by atoms with Crippen molar-refractivity contribution in [2.24, 2.45) is 0 Å². The Morgan fingerprint density at radius 3 is 2.52 bits per heavy atom. The molecule has 21 heavy (non-hydrogen) atoms. The van der Waals surface area contributed by atoms with Gasteiger partial charge in [0.25, 0.3) is 0 Å². The van der Waals surface area contributed by atoms with Gasteiger partial charge in [0, 0.05) is 0 Å². The predicted octanol–water partition coefficient (Wildman–Crippen LogP) is 1.93. The third kappa shape index (κ3) is 5.07. The number of ether oxygens (including phenoxy) is 1. The number of aryl methyl sites for hydroxylation is 1. The maximum absolute atomic E-state index is 12.0. The first-order chi connectivity index (χ1) is 9.67. The summed E-state index contributed by atoms with van der Waals surface area (Å²) >= 11 is 0. The van der Waals surface area contributed by atoms with Gasteiger partial charge in [0.05, 0.1) is 16.1 Å². The Kier molecular flexibility index (Phi) is 5.82. The minimum atomic E-state index is -3.21. The van der Waals surface area contributed by atoms with E-state index in [9.17, 15) is 8.42 Å². The summed E-state index contributed by atoms with van der Waals surface area (Å²) in [6, 6.07) is 5.48. The highest BCUT2D eigenvalue weighted by molar-refractivity contribution is 7.92. The van der Waals surface area contributed by atoms with Crippen molar-refractivity contribution in [1.82, 2.24) is 0 Å². The molecule has 0 aliphatic carbocycles. The maximum atomic E-state index is 12.0. The molecule has 0 heterocycles. The first kappa shape index (κ1) is 17.5. The molecular weight excluding hydrogens is 288 g/mol. The van der Waals surface area contributed by atoms with Crippen LogP contribution in [-0.4, -0.2) is 37.2 Å². The van der Waals surface area contributed by atoms with E-state index in [-0.39, 0.29) is 19.0 Å². The fourth-order valence-corrected chi connectivity index (χ4v) is 2.48. The Morgan fingerprint density at radius 2 is 1.95 bits per heavy atom. The van der Waals surface area contributed by atoms with E-state index < -0.39 is 14.6 Å². The molecule has 0 aliphatic heterocycles. The molecule has 0 saturated heterocycles. The topological polar surface area (TPSA) is 63.6 Å². The molecule has 0 fully saturated rings. The third-order valence-corrected chi connectivity index (χ3v) is 5.55. The monoisotopic (exact) mass is 310 g/mol. The summed E-state index contributed by atoms with van der Waals surface area (Å²) in [6.07, 6.45) is 0. The molecule has 0 aliphatic rings. The molecule has 5 heteroatoms. The average molecular weight is 310 g/mol. The lowest BCUT2D eigenvalue weighted by Gasteiger charge is -2.19. The Balaban J connectivity index is 2.81. The number of aliphatic hydroxyl groups is 1. The molecule has 0 unspecified atom stereocenters. The quantitative estimate of drug-likeness (QED) is 0.863. The Hall–Kier alpha value is -1.51. The summed E-state index contributed by atoms with van der Waals surface area (Å²) in [5.41, 5.74) is 1.67. The van der Waals surface area contributed by atoms with Gasteiger partial charge in [0.1, 0.15) is 19.0 Å². The molecule has 4 nitrogen and oxygen atoms in total. The molecule has 1 rings (SSSR count). The van der Waals surface area contributed by atoms with E-state index in [0.29, 0.717) is 11.3 Å². The number of hydrogen-bond acceptors (Lipinski definition) is 4. The van der Waals surface area contributed by atoms with Gasteiger partial charge in [-0.25, -0.2) is 8.42 Å². The Labute approximate surface area is 127 Å². The second-order valence-electron chi connectivity index (χ2n) is 5.74. The molecular formula is C16H22O4S. The maximum Gasteiger partial charge on any atom is 0.158 e. The van der Waals surface area contributed by atoms with Crippen molar-refractivity contribution in [3.8, 4) is 17.6 Å². The van der Waals surface area contributed by atoms with Crippen molar-refractivity contribution < 1.29 is 18.3 Å². The summed E-state index contributed by atoms with van der Waals surface area (Å²) in [5.74, 6) is 5.87. The van der Waals surface area contributed by atoms with E-state index in [2.05, 4.69) is 11.8 Å². The van der Waals surface area contributed by atoms with E-state index in [1.54, 1.807) is 26.8 Å². The first-order valence-electron chi connectivity index (χ1n) is 6.73. The number of benzene rings is 1. The van der Waals surface area contributed by atoms with Crippen molar-refractivity contribution in [2.45, 2.75) is 32.4 Å². The summed E-state index contributed by atoms with van der Waals surface area (Å²) in [4.78, 5) is 0. The zero-order chi connectivity index (χ0) is 16.1. The molecule has 1 aromatic rings. The predicted molar refractivity (Wildman–Crippen MR) is 84.2 cm³/mol. The van der Waals surface area contributed by atoms with E-state index >= 15 is 0 Å². The van der Waals surface area contributed by atoms with E-state index in [0.717, 1.165) is 5.56 Å². The van der Waals surface area contributed by atoms with Crippen LogP contribution in [0.25, 0.3) is 0 Å². The van der Waals surface area contributed by atoms with Gasteiger partial charge < -0.3 is 9.84 Å². The van der Waals surface area contributed by atoms with Crippen molar-refractivity contribution in [3.05, 3.63) is 29.3 Å². The highest BCUT2D eigenvalue weighted by Crippen LogP contribution is 2.20. The molecule has 116 valence electrons. The van der Waals surface area contributed by atoms with Crippen LogP contribution in [0.3, 0.4) is 0 Å². The molecule has 0 amide bonds. The highest BCUT2D eigenvalue weighted by atomic mass is 32.2. The number of aliphatic hydroxyl groups excluding tert-OH is 1. The largest absolute Gasteiger partial charge is 0.491 e. The van der Waals surface area contributed by atoms with E-state index in [1.165, 1.54) is 0 Å². The molecule has 1 N–H and O–H groups in total. The van der Waals surface area contributed by atoms with Crippen LogP contribution in [0, 0.1) is 18.8 Å². The second kappa shape index (κ2) is 6.97. The van der Waals surface area contributed by atoms with Crippen LogP contribution in [-0.2, 0) is 9.84 Å². The van der Waals surface area contributed by atoms with Gasteiger partial charge in [-0.2, -0.15) is 0 Å². The molecule has 0 spiro atoms. The zero-order valence-electron chi connectivity index (χ0n) is 12.9. The lowest BCUT2D eigenvalue weighted by Crippen LogP contribution is -2.32. The van der Waals surface area contributed by atoms with E-state index in [4.69, 9.17) is 9.84 Å². The molecule has 0 bridgehead atoms. The third-order valence-electron chi connectivity index (χ3n) is 2.98. The fraction of sp³-hybridized carbons (Fsp3) is 0.500. The van der Waals surface area contributed by atoms with Crippen LogP contribution < -0.4 is 4.74 Å². The van der Waals surface area contributed by atoms with Gasteiger partial charge in [-0.15, -0.1) is 0 Å². The Bertz CT molecular complexity index is 643. The van der Waals surface area contributed by atoms with Gasteiger partial charge in [-0.05, 0) is 45.4 Å². The van der Waals surface area contributed by atoms with Gasteiger partial charge in [-0.3, -0.25) is 0 Å². The first-order valence-corrected chi connectivity index (χ1v) is 8.38. The summed E-state index contributed by atoms with van der Waals surface area (Å²) in [7, 11) is -3.21. The second-order valence-corrected chi connectivity index (χ2v) is 8.60. The van der Waals surface area contributed by atoms with Crippen LogP contribution in [0.2, 0.25) is 0 Å². The molecule has 0 atom stereocenters. The van der Waals surface area contributed by atoms with E-state index in [1.807, 2.05) is 19.1 Å². The van der Waals surface area contributed by atoms with Crippen molar-refractivity contribution in [2.75, 3.05) is 19.0 Å². The molecule has 0 radical (unpaired) electrons.